The zero-order valence-electron chi connectivity index (χ0n) is 23.4. The van der Waals surface area contributed by atoms with Crippen molar-refractivity contribution in [1.82, 2.24) is 0 Å². The molecule has 2 aliphatic carbocycles. The Kier molecular flexibility index (Phi) is 4.03. The van der Waals surface area contributed by atoms with Gasteiger partial charge in [0.15, 0.2) is 0 Å². The zero-order valence-corrected chi connectivity index (χ0v) is 23.4. The minimum atomic E-state index is -0.0454. The minimum Gasteiger partial charge on any atom is -0.0616 e. The van der Waals surface area contributed by atoms with Crippen molar-refractivity contribution >= 4 is 43.1 Å². The summed E-state index contributed by atoms with van der Waals surface area (Å²) in [6.07, 6.45) is 0. The fraction of sp³-hybridized carbons (Fsp3) is 0.150. The Hall–Kier alpha value is -4.42. The molecule has 190 valence electrons. The van der Waals surface area contributed by atoms with Gasteiger partial charge in [-0.1, -0.05) is 113 Å². The summed E-state index contributed by atoms with van der Waals surface area (Å²) < 4.78 is 0. The molecule has 7 aromatic carbocycles. The van der Waals surface area contributed by atoms with E-state index in [4.69, 9.17) is 0 Å². The number of benzene rings is 7. The van der Waals surface area contributed by atoms with E-state index in [1.807, 2.05) is 0 Å². The monoisotopic (exact) mass is 510 g/mol. The van der Waals surface area contributed by atoms with Gasteiger partial charge in [0, 0.05) is 10.8 Å². The Morgan fingerprint density at radius 1 is 0.350 bits per heavy atom. The predicted octanol–water partition coefficient (Wildman–Crippen LogP) is 10.9. The van der Waals surface area contributed by atoms with Crippen molar-refractivity contribution in [3.8, 4) is 22.3 Å². The maximum atomic E-state index is 2.51. The molecule has 0 unspecified atom stereocenters. The highest BCUT2D eigenvalue weighted by atomic mass is 14.4. The molecule has 0 spiro atoms. The van der Waals surface area contributed by atoms with Crippen LogP contribution in [-0.4, -0.2) is 0 Å². The van der Waals surface area contributed by atoms with Crippen LogP contribution < -0.4 is 0 Å². The van der Waals surface area contributed by atoms with E-state index in [2.05, 4.69) is 137 Å². The van der Waals surface area contributed by atoms with Crippen molar-refractivity contribution in [2.75, 3.05) is 0 Å². The number of hydrogen-bond donors (Lipinski definition) is 0. The third kappa shape index (κ3) is 2.62. The van der Waals surface area contributed by atoms with Gasteiger partial charge in [0.1, 0.15) is 0 Å². The quantitative estimate of drug-likeness (QED) is 0.178. The lowest BCUT2D eigenvalue weighted by atomic mass is 9.80. The fourth-order valence-electron chi connectivity index (χ4n) is 8.06. The summed E-state index contributed by atoms with van der Waals surface area (Å²) in [6, 6.07) is 41.6. The molecule has 0 saturated carbocycles. The van der Waals surface area contributed by atoms with E-state index in [0.29, 0.717) is 0 Å². The molecule has 0 heterocycles. The van der Waals surface area contributed by atoms with Crippen molar-refractivity contribution in [2.45, 2.75) is 38.5 Å². The summed E-state index contributed by atoms with van der Waals surface area (Å²) in [5.41, 5.74) is 11.3. The van der Waals surface area contributed by atoms with Crippen molar-refractivity contribution in [1.29, 1.82) is 0 Å². The van der Waals surface area contributed by atoms with E-state index in [-0.39, 0.29) is 10.8 Å². The average Bonchev–Trinajstić information content (AvgIpc) is 3.34. The van der Waals surface area contributed by atoms with E-state index in [1.165, 1.54) is 87.6 Å². The molecule has 0 amide bonds. The molecule has 0 radical (unpaired) electrons. The van der Waals surface area contributed by atoms with Gasteiger partial charge in [-0.2, -0.15) is 0 Å². The van der Waals surface area contributed by atoms with Gasteiger partial charge < -0.3 is 0 Å². The maximum absolute atomic E-state index is 2.51. The van der Waals surface area contributed by atoms with Crippen molar-refractivity contribution in [3.63, 3.8) is 0 Å². The van der Waals surface area contributed by atoms with Crippen molar-refractivity contribution < 1.29 is 0 Å². The largest absolute Gasteiger partial charge is 0.0616 e. The molecule has 0 bridgehead atoms. The van der Waals surface area contributed by atoms with Crippen LogP contribution in [0, 0.1) is 0 Å². The highest BCUT2D eigenvalue weighted by molar-refractivity contribution is 6.14. The third-order valence-electron chi connectivity index (χ3n) is 10.2. The predicted molar refractivity (Wildman–Crippen MR) is 172 cm³/mol. The Labute approximate surface area is 234 Å². The maximum Gasteiger partial charge on any atom is 0.0159 e. The van der Waals surface area contributed by atoms with Gasteiger partial charge in [0.25, 0.3) is 0 Å². The fourth-order valence-corrected chi connectivity index (χ4v) is 8.06. The smallest absolute Gasteiger partial charge is 0.0159 e. The molecule has 0 fully saturated rings. The first-order chi connectivity index (χ1) is 19.3. The first-order valence-electron chi connectivity index (χ1n) is 14.4. The molecular formula is C40H30. The van der Waals surface area contributed by atoms with Gasteiger partial charge in [0.05, 0.1) is 0 Å². The van der Waals surface area contributed by atoms with Crippen LogP contribution in [0.25, 0.3) is 65.3 Å². The van der Waals surface area contributed by atoms with Crippen LogP contribution in [0.15, 0.2) is 109 Å². The Morgan fingerprint density at radius 3 is 1.20 bits per heavy atom. The van der Waals surface area contributed by atoms with Gasteiger partial charge in [-0.05, 0) is 112 Å². The standard InChI is InChI=1S/C40H30/c1-39(2)33-17-15-23-9-5-7-11-27(23)37(33)31-19-25-13-14-26-20-32-36(22-30(26)29(25)21-35(31)39)40(3,4)34-18-16-24-10-6-8-12-28(24)38(32)34/h5-22H,1-4H3. The minimum absolute atomic E-state index is 0.0454. The molecule has 0 N–H and O–H groups in total. The molecule has 0 saturated heterocycles. The molecule has 0 nitrogen and oxygen atoms in total. The number of rotatable bonds is 0. The van der Waals surface area contributed by atoms with Crippen LogP contribution >= 0.6 is 0 Å². The van der Waals surface area contributed by atoms with E-state index in [0.717, 1.165) is 0 Å². The van der Waals surface area contributed by atoms with E-state index < -0.39 is 0 Å². The first kappa shape index (κ1) is 22.4. The third-order valence-corrected chi connectivity index (χ3v) is 10.2. The van der Waals surface area contributed by atoms with Crippen molar-refractivity contribution in [2.24, 2.45) is 0 Å². The van der Waals surface area contributed by atoms with E-state index in [1.54, 1.807) is 0 Å². The van der Waals surface area contributed by atoms with Gasteiger partial charge in [0.2, 0.25) is 0 Å². The lowest BCUT2D eigenvalue weighted by Crippen LogP contribution is -2.15. The average molecular weight is 511 g/mol. The van der Waals surface area contributed by atoms with Crippen molar-refractivity contribution in [3.05, 3.63) is 131 Å². The highest BCUT2D eigenvalue weighted by Gasteiger charge is 2.38. The SMILES string of the molecule is CC1(C)c2cc3c(ccc4cc5c(cc43)C(C)(C)c3ccc4ccccc4c3-5)cc2-c2c1ccc1ccccc21. The summed E-state index contributed by atoms with van der Waals surface area (Å²) >= 11 is 0. The summed E-state index contributed by atoms with van der Waals surface area (Å²) in [6.45, 7) is 9.58. The Bertz CT molecular complexity index is 2100. The van der Waals surface area contributed by atoms with Crippen LogP contribution in [-0.2, 0) is 10.8 Å². The molecule has 9 rings (SSSR count). The first-order valence-corrected chi connectivity index (χ1v) is 14.4. The van der Waals surface area contributed by atoms with Crippen LogP contribution in [0.3, 0.4) is 0 Å². The topological polar surface area (TPSA) is 0 Å². The van der Waals surface area contributed by atoms with Crippen LogP contribution in [0.5, 0.6) is 0 Å². The summed E-state index contributed by atoms with van der Waals surface area (Å²) in [4.78, 5) is 0. The van der Waals surface area contributed by atoms with Crippen LogP contribution in [0.1, 0.15) is 49.9 Å². The molecule has 0 aliphatic heterocycles. The zero-order chi connectivity index (χ0) is 27.0. The Morgan fingerprint density at radius 2 is 0.750 bits per heavy atom. The van der Waals surface area contributed by atoms with Gasteiger partial charge in [-0.15, -0.1) is 0 Å². The molecule has 0 aromatic heterocycles. The normalized spacial score (nSPS) is 15.9. The van der Waals surface area contributed by atoms with E-state index >= 15 is 0 Å². The van der Waals surface area contributed by atoms with E-state index in [9.17, 15) is 0 Å². The lowest BCUT2D eigenvalue weighted by Gasteiger charge is -2.23. The molecule has 40 heavy (non-hydrogen) atoms. The summed E-state index contributed by atoms with van der Waals surface area (Å²) in [7, 11) is 0. The summed E-state index contributed by atoms with van der Waals surface area (Å²) in [5.74, 6) is 0. The highest BCUT2D eigenvalue weighted by Crippen LogP contribution is 2.55. The van der Waals surface area contributed by atoms with Gasteiger partial charge >= 0.3 is 0 Å². The number of fused-ring (bicyclic) bond motifs is 13. The molecule has 2 aliphatic rings. The van der Waals surface area contributed by atoms with Crippen LogP contribution in [0.4, 0.5) is 0 Å². The van der Waals surface area contributed by atoms with Gasteiger partial charge in [-0.25, -0.2) is 0 Å². The molecule has 7 aromatic rings. The second kappa shape index (κ2) is 7.20. The molecule has 0 heteroatoms. The molecular weight excluding hydrogens is 480 g/mol. The second-order valence-corrected chi connectivity index (χ2v) is 13.0. The molecule has 0 atom stereocenters. The number of hydrogen-bond acceptors (Lipinski definition) is 0. The second-order valence-electron chi connectivity index (χ2n) is 13.0. The Balaban J connectivity index is 1.35. The van der Waals surface area contributed by atoms with Gasteiger partial charge in [-0.3, -0.25) is 0 Å². The lowest BCUT2D eigenvalue weighted by molar-refractivity contribution is 0.661. The summed E-state index contributed by atoms with van der Waals surface area (Å²) in [5, 5.41) is 10.7. The van der Waals surface area contributed by atoms with Crippen LogP contribution in [0.2, 0.25) is 0 Å².